The third-order valence-corrected chi connectivity index (χ3v) is 4.22. The van der Waals surface area contributed by atoms with E-state index in [9.17, 15) is 14.4 Å². The molecule has 0 saturated carbocycles. The number of amides is 1. The standard InChI is InChI=1S/C14H15Cl2N3O5S/c1-7(2)23-11-4-10(8(15)3-9(11)16)17-12(20)5-25-6-19-13(21)18-14(22)24-19/h3-4,7H,5-6H2,1-2H3,(H,17,20)(H,18,21,22). The second-order valence-electron chi connectivity index (χ2n) is 5.14. The lowest BCUT2D eigenvalue weighted by Crippen LogP contribution is -2.18. The molecule has 2 rings (SSSR count). The quantitative estimate of drug-likeness (QED) is 0.730. The van der Waals surface area contributed by atoms with Gasteiger partial charge in [0, 0.05) is 6.07 Å². The number of benzene rings is 1. The van der Waals surface area contributed by atoms with Crippen molar-refractivity contribution in [1.82, 2.24) is 9.72 Å². The van der Waals surface area contributed by atoms with Crippen LogP contribution in [0, 0.1) is 0 Å². The summed E-state index contributed by atoms with van der Waals surface area (Å²) >= 11 is 13.2. The van der Waals surface area contributed by atoms with Crippen LogP contribution in [0.2, 0.25) is 10.0 Å². The minimum atomic E-state index is -0.847. The number of aromatic nitrogens is 2. The van der Waals surface area contributed by atoms with Crippen LogP contribution in [0.15, 0.2) is 26.2 Å². The molecule has 0 atom stereocenters. The Morgan fingerprint density at radius 3 is 2.68 bits per heavy atom. The van der Waals surface area contributed by atoms with Gasteiger partial charge in [0.25, 0.3) is 0 Å². The molecule has 0 aliphatic heterocycles. The number of thioether (sulfide) groups is 1. The van der Waals surface area contributed by atoms with Gasteiger partial charge in [-0.05, 0) is 19.9 Å². The topological polar surface area (TPSA) is 106 Å². The molecule has 1 heterocycles. The molecule has 1 amide bonds. The maximum absolute atomic E-state index is 12.0. The monoisotopic (exact) mass is 407 g/mol. The van der Waals surface area contributed by atoms with Crippen LogP contribution >= 0.6 is 35.0 Å². The number of nitrogens with one attached hydrogen (secondary N) is 2. The van der Waals surface area contributed by atoms with Crippen LogP contribution in [0.4, 0.5) is 5.69 Å². The van der Waals surface area contributed by atoms with Gasteiger partial charge in [0.15, 0.2) is 0 Å². The normalized spacial score (nSPS) is 10.9. The predicted octanol–water partition coefficient (Wildman–Crippen LogP) is 2.55. The second kappa shape index (κ2) is 8.50. The van der Waals surface area contributed by atoms with Crippen LogP contribution in [0.1, 0.15) is 13.8 Å². The molecular formula is C14H15Cl2N3O5S. The van der Waals surface area contributed by atoms with E-state index in [1.54, 1.807) is 6.07 Å². The van der Waals surface area contributed by atoms with Gasteiger partial charge in [0.1, 0.15) is 11.6 Å². The first kappa shape index (κ1) is 19.5. The van der Waals surface area contributed by atoms with Crippen molar-refractivity contribution in [3.05, 3.63) is 43.2 Å². The van der Waals surface area contributed by atoms with Gasteiger partial charge >= 0.3 is 11.4 Å². The summed E-state index contributed by atoms with van der Waals surface area (Å²) in [6.45, 7) is 3.70. The summed E-state index contributed by atoms with van der Waals surface area (Å²) in [4.78, 5) is 36.1. The Kier molecular flexibility index (Phi) is 6.63. The summed E-state index contributed by atoms with van der Waals surface area (Å²) in [7, 11) is 0. The highest BCUT2D eigenvalue weighted by Crippen LogP contribution is 2.34. The van der Waals surface area contributed by atoms with Gasteiger partial charge in [-0.25, -0.2) is 14.6 Å². The fraction of sp³-hybridized carbons (Fsp3) is 0.357. The van der Waals surface area contributed by atoms with Crippen LogP contribution in [0.25, 0.3) is 0 Å². The number of ether oxygens (including phenoxy) is 1. The highest BCUT2D eigenvalue weighted by Gasteiger charge is 2.13. The summed E-state index contributed by atoms with van der Waals surface area (Å²) in [5.74, 6) is -0.761. The minimum absolute atomic E-state index is 0.0145. The zero-order chi connectivity index (χ0) is 18.6. The van der Waals surface area contributed by atoms with E-state index in [-0.39, 0.29) is 28.7 Å². The smallest absolute Gasteiger partial charge is 0.440 e. The Morgan fingerprint density at radius 2 is 2.08 bits per heavy atom. The zero-order valence-electron chi connectivity index (χ0n) is 13.3. The molecule has 11 heteroatoms. The number of halogens is 2. The Balaban J connectivity index is 1.96. The van der Waals surface area contributed by atoms with Crippen molar-refractivity contribution in [2.45, 2.75) is 25.8 Å². The molecular weight excluding hydrogens is 393 g/mol. The van der Waals surface area contributed by atoms with E-state index in [0.717, 1.165) is 16.5 Å². The number of carbonyl (C=O) groups is 1. The van der Waals surface area contributed by atoms with Crippen LogP contribution in [-0.4, -0.2) is 27.5 Å². The Hall–Kier alpha value is -1.84. The molecule has 1 aromatic heterocycles. The molecule has 8 nitrogen and oxygen atoms in total. The first-order chi connectivity index (χ1) is 11.8. The molecule has 0 aliphatic rings. The zero-order valence-corrected chi connectivity index (χ0v) is 15.6. The molecule has 0 radical (unpaired) electrons. The molecule has 1 aromatic carbocycles. The van der Waals surface area contributed by atoms with E-state index in [0.29, 0.717) is 16.5 Å². The number of hydrogen-bond donors (Lipinski definition) is 2. The molecule has 0 aliphatic carbocycles. The molecule has 25 heavy (non-hydrogen) atoms. The van der Waals surface area contributed by atoms with E-state index in [4.69, 9.17) is 27.9 Å². The van der Waals surface area contributed by atoms with E-state index >= 15 is 0 Å². The molecule has 0 spiro atoms. The second-order valence-corrected chi connectivity index (χ2v) is 6.91. The maximum atomic E-state index is 12.0. The first-order valence-corrected chi connectivity index (χ1v) is 9.01. The van der Waals surface area contributed by atoms with Gasteiger partial charge in [-0.1, -0.05) is 23.2 Å². The molecule has 0 saturated heterocycles. The maximum Gasteiger partial charge on any atom is 0.440 e. The number of carbonyl (C=O) groups excluding carboxylic acids is 1. The molecule has 2 N–H and O–H groups in total. The van der Waals surface area contributed by atoms with Gasteiger partial charge < -0.3 is 14.6 Å². The van der Waals surface area contributed by atoms with Gasteiger partial charge in [0.05, 0.1) is 27.6 Å². The van der Waals surface area contributed by atoms with E-state index in [1.807, 2.05) is 18.8 Å². The van der Waals surface area contributed by atoms with E-state index in [1.165, 1.54) is 6.07 Å². The van der Waals surface area contributed by atoms with Gasteiger partial charge in [0.2, 0.25) is 5.91 Å². The number of H-pyrrole nitrogens is 1. The van der Waals surface area contributed by atoms with Crippen LogP contribution < -0.4 is 21.5 Å². The van der Waals surface area contributed by atoms with Crippen LogP contribution in [0.5, 0.6) is 5.75 Å². The number of aromatic amines is 1. The lowest BCUT2D eigenvalue weighted by atomic mass is 10.3. The SMILES string of the molecule is CC(C)Oc1cc(NC(=O)CSCn2oc(=O)[nH]c2=O)c(Cl)cc1Cl. The Bertz CT molecular complexity index is 874. The van der Waals surface area contributed by atoms with Gasteiger partial charge in [-0.15, -0.1) is 16.5 Å². The van der Waals surface area contributed by atoms with Crippen molar-refractivity contribution in [3.8, 4) is 5.75 Å². The Morgan fingerprint density at radius 1 is 1.36 bits per heavy atom. The van der Waals surface area contributed by atoms with Crippen molar-refractivity contribution in [3.63, 3.8) is 0 Å². The molecule has 0 fully saturated rings. The van der Waals surface area contributed by atoms with E-state index in [2.05, 4.69) is 9.84 Å². The van der Waals surface area contributed by atoms with Crippen LogP contribution in [0.3, 0.4) is 0 Å². The molecule has 0 unspecified atom stereocenters. The van der Waals surface area contributed by atoms with Crippen molar-refractivity contribution in [1.29, 1.82) is 0 Å². The average Bonchev–Trinajstić information content (AvgIpc) is 2.81. The molecule has 136 valence electrons. The fourth-order valence-electron chi connectivity index (χ4n) is 1.78. The van der Waals surface area contributed by atoms with Crippen molar-refractivity contribution in [2.24, 2.45) is 0 Å². The van der Waals surface area contributed by atoms with Crippen LogP contribution in [-0.2, 0) is 10.7 Å². The average molecular weight is 408 g/mol. The number of nitrogens with zero attached hydrogens (tertiary/aromatic N) is 1. The number of anilines is 1. The molecule has 2 aromatic rings. The molecule has 0 bridgehead atoms. The lowest BCUT2D eigenvalue weighted by Gasteiger charge is -2.14. The van der Waals surface area contributed by atoms with Gasteiger partial charge in [-0.3, -0.25) is 4.79 Å². The summed E-state index contributed by atoms with van der Waals surface area (Å²) in [5, 5.41) is 3.25. The van der Waals surface area contributed by atoms with Crippen molar-refractivity contribution < 1.29 is 14.1 Å². The highest BCUT2D eigenvalue weighted by atomic mass is 35.5. The third kappa shape index (κ3) is 5.58. The van der Waals surface area contributed by atoms with Gasteiger partial charge in [-0.2, -0.15) is 0 Å². The van der Waals surface area contributed by atoms with E-state index < -0.39 is 11.4 Å². The summed E-state index contributed by atoms with van der Waals surface area (Å²) in [6.07, 6.45) is -0.0906. The minimum Gasteiger partial charge on any atom is -0.489 e. The summed E-state index contributed by atoms with van der Waals surface area (Å²) in [5.41, 5.74) is -0.313. The van der Waals surface area contributed by atoms with Crippen molar-refractivity contribution >= 4 is 46.6 Å². The highest BCUT2D eigenvalue weighted by molar-refractivity contribution is 7.99. The van der Waals surface area contributed by atoms with Crippen molar-refractivity contribution in [2.75, 3.05) is 11.1 Å². The number of rotatable bonds is 7. The third-order valence-electron chi connectivity index (χ3n) is 2.73. The fourth-order valence-corrected chi connectivity index (χ4v) is 2.94. The first-order valence-electron chi connectivity index (χ1n) is 7.10. The predicted molar refractivity (Wildman–Crippen MR) is 96.9 cm³/mol. The summed E-state index contributed by atoms with van der Waals surface area (Å²) in [6, 6.07) is 3.03. The summed E-state index contributed by atoms with van der Waals surface area (Å²) < 4.78 is 11.0. The largest absolute Gasteiger partial charge is 0.489 e. The Labute approximate surface area is 156 Å². The lowest BCUT2D eigenvalue weighted by molar-refractivity contribution is -0.113. The number of hydrogen-bond acceptors (Lipinski definition) is 6.